The maximum atomic E-state index is 13.0. The van der Waals surface area contributed by atoms with E-state index in [4.69, 9.17) is 5.73 Å². The summed E-state index contributed by atoms with van der Waals surface area (Å²) in [5.41, 5.74) is 6.14. The van der Waals surface area contributed by atoms with Gasteiger partial charge in [-0.15, -0.1) is 0 Å². The number of nitrogen functional groups attached to an aromatic ring is 1. The number of amides is 1. The minimum Gasteiger partial charge on any atom is -0.399 e. The molecular weight excluding hydrogens is 159 g/mol. The van der Waals surface area contributed by atoms with Gasteiger partial charge in [0.15, 0.2) is 0 Å². The van der Waals surface area contributed by atoms with Gasteiger partial charge in [0.05, 0.1) is 5.56 Å². The maximum Gasteiger partial charge on any atom is 0.280 e. The number of nitrogens with two attached hydrogens (primary N) is 1. The number of carbonyl (C=O) groups excluding carboxylic acids is 1. The zero-order valence-electron chi connectivity index (χ0n) is 6.04. The van der Waals surface area contributed by atoms with Gasteiger partial charge in [0.25, 0.3) is 5.91 Å². The number of anilines is 1. The lowest BCUT2D eigenvalue weighted by Crippen LogP contribution is -1.99. The van der Waals surface area contributed by atoms with Crippen molar-refractivity contribution in [2.24, 2.45) is 4.99 Å². The van der Waals surface area contributed by atoms with Crippen LogP contribution in [-0.4, -0.2) is 12.1 Å². The highest BCUT2D eigenvalue weighted by Crippen LogP contribution is 2.21. The highest BCUT2D eigenvalue weighted by molar-refractivity contribution is 6.13. The fourth-order valence-electron chi connectivity index (χ4n) is 1.17. The van der Waals surface area contributed by atoms with Gasteiger partial charge in [-0.2, -0.15) is 0 Å². The fraction of sp³-hybridized carbons (Fsp3) is 0. The van der Waals surface area contributed by atoms with Gasteiger partial charge in [0, 0.05) is 17.5 Å². The van der Waals surface area contributed by atoms with Crippen molar-refractivity contribution in [1.29, 1.82) is 0 Å². The molecule has 0 unspecified atom stereocenters. The molecule has 0 spiro atoms. The molecule has 0 radical (unpaired) electrons. The van der Waals surface area contributed by atoms with E-state index in [1.54, 1.807) is 0 Å². The van der Waals surface area contributed by atoms with Crippen LogP contribution in [0.4, 0.5) is 10.1 Å². The number of nitrogens with zero attached hydrogens (tertiary/aromatic N) is 1. The van der Waals surface area contributed by atoms with Gasteiger partial charge < -0.3 is 5.73 Å². The summed E-state index contributed by atoms with van der Waals surface area (Å²) in [5, 5.41) is 0. The Hall–Kier alpha value is -1.71. The van der Waals surface area contributed by atoms with E-state index in [0.717, 1.165) is 6.07 Å². The van der Waals surface area contributed by atoms with Crippen molar-refractivity contribution >= 4 is 17.8 Å². The van der Waals surface area contributed by atoms with E-state index in [9.17, 15) is 9.18 Å². The molecule has 2 rings (SSSR count). The van der Waals surface area contributed by atoms with Gasteiger partial charge in [-0.3, -0.25) is 4.79 Å². The monoisotopic (exact) mass is 164 g/mol. The van der Waals surface area contributed by atoms with Crippen molar-refractivity contribution in [2.75, 3.05) is 5.73 Å². The van der Waals surface area contributed by atoms with Crippen LogP contribution in [0.2, 0.25) is 0 Å². The van der Waals surface area contributed by atoms with Gasteiger partial charge >= 0.3 is 0 Å². The van der Waals surface area contributed by atoms with Crippen LogP contribution in [-0.2, 0) is 0 Å². The number of carbonyl (C=O) groups is 1. The van der Waals surface area contributed by atoms with Crippen LogP contribution in [0.3, 0.4) is 0 Å². The molecule has 1 aliphatic rings. The first-order valence-corrected chi connectivity index (χ1v) is 3.36. The number of fused-ring (bicyclic) bond motifs is 1. The predicted molar refractivity (Wildman–Crippen MR) is 42.7 cm³/mol. The van der Waals surface area contributed by atoms with Gasteiger partial charge in [-0.1, -0.05) is 0 Å². The van der Waals surface area contributed by atoms with Crippen LogP contribution in [0.15, 0.2) is 17.1 Å². The molecule has 4 heteroatoms. The fourth-order valence-corrected chi connectivity index (χ4v) is 1.17. The molecule has 3 nitrogen and oxygen atoms in total. The summed E-state index contributed by atoms with van der Waals surface area (Å²) in [5.74, 6) is -1.14. The Morgan fingerprint density at radius 1 is 1.42 bits per heavy atom. The lowest BCUT2D eigenvalue weighted by Gasteiger charge is -1.98. The van der Waals surface area contributed by atoms with Crippen LogP contribution in [0.25, 0.3) is 0 Å². The van der Waals surface area contributed by atoms with Crippen LogP contribution in [0, 0.1) is 5.82 Å². The van der Waals surface area contributed by atoms with Crippen LogP contribution in [0.1, 0.15) is 15.9 Å². The Morgan fingerprint density at radius 2 is 2.17 bits per heavy atom. The summed E-state index contributed by atoms with van der Waals surface area (Å²) in [6.45, 7) is 0. The summed E-state index contributed by atoms with van der Waals surface area (Å²) in [7, 11) is 0. The largest absolute Gasteiger partial charge is 0.399 e. The Labute approximate surface area is 67.7 Å². The zero-order valence-corrected chi connectivity index (χ0v) is 6.04. The predicted octanol–water partition coefficient (Wildman–Crippen LogP) is 0.981. The molecule has 0 atom stereocenters. The van der Waals surface area contributed by atoms with Crippen LogP contribution < -0.4 is 5.73 Å². The third-order valence-electron chi connectivity index (χ3n) is 1.68. The Morgan fingerprint density at radius 3 is 2.92 bits per heavy atom. The first kappa shape index (κ1) is 6.97. The van der Waals surface area contributed by atoms with Crippen LogP contribution >= 0.6 is 0 Å². The van der Waals surface area contributed by atoms with Crippen molar-refractivity contribution in [3.63, 3.8) is 0 Å². The lowest BCUT2D eigenvalue weighted by atomic mass is 10.1. The first-order chi connectivity index (χ1) is 5.68. The molecule has 1 heterocycles. The Bertz CT molecular complexity index is 398. The van der Waals surface area contributed by atoms with Crippen molar-refractivity contribution in [3.8, 4) is 0 Å². The molecule has 0 aromatic heterocycles. The molecule has 12 heavy (non-hydrogen) atoms. The molecule has 0 saturated heterocycles. The normalized spacial score (nSPS) is 13.6. The molecule has 0 fully saturated rings. The second-order valence-electron chi connectivity index (χ2n) is 2.53. The topological polar surface area (TPSA) is 55.4 Å². The number of aliphatic imine (C=N–C) groups is 1. The highest BCUT2D eigenvalue weighted by Gasteiger charge is 2.20. The Kier molecular flexibility index (Phi) is 1.24. The number of hydrogen-bond acceptors (Lipinski definition) is 2. The van der Waals surface area contributed by atoms with E-state index >= 15 is 0 Å². The summed E-state index contributed by atoms with van der Waals surface area (Å²) in [4.78, 5) is 14.4. The molecule has 1 aromatic carbocycles. The number of rotatable bonds is 0. The van der Waals surface area contributed by atoms with Gasteiger partial charge in [-0.25, -0.2) is 9.38 Å². The second kappa shape index (κ2) is 2.14. The summed E-state index contributed by atoms with van der Waals surface area (Å²) in [6.07, 6.45) is 1.32. The third kappa shape index (κ3) is 0.812. The summed E-state index contributed by atoms with van der Waals surface area (Å²) >= 11 is 0. The van der Waals surface area contributed by atoms with Crippen molar-refractivity contribution < 1.29 is 9.18 Å². The van der Waals surface area contributed by atoms with Crippen molar-refractivity contribution in [3.05, 3.63) is 29.1 Å². The van der Waals surface area contributed by atoms with Crippen molar-refractivity contribution in [2.45, 2.75) is 0 Å². The van der Waals surface area contributed by atoms with E-state index in [0.29, 0.717) is 11.3 Å². The van der Waals surface area contributed by atoms with Crippen molar-refractivity contribution in [1.82, 2.24) is 0 Å². The second-order valence-corrected chi connectivity index (χ2v) is 2.53. The smallest absolute Gasteiger partial charge is 0.280 e. The minimum atomic E-state index is -0.604. The first-order valence-electron chi connectivity index (χ1n) is 3.36. The SMILES string of the molecule is Nc1cc(F)c2c(c1)C=NC2=O. The quantitative estimate of drug-likeness (QED) is 0.581. The van der Waals surface area contributed by atoms with Gasteiger partial charge in [0.2, 0.25) is 0 Å². The molecule has 2 N–H and O–H groups in total. The standard InChI is InChI=1S/C8H5FN2O/c9-6-2-5(10)1-4-3-11-8(12)7(4)6/h1-3H,10H2. The average molecular weight is 164 g/mol. The molecule has 0 bridgehead atoms. The molecular formula is C8H5FN2O. The number of halogens is 1. The average Bonchev–Trinajstić information content (AvgIpc) is 2.31. The molecule has 0 aliphatic carbocycles. The molecule has 0 saturated carbocycles. The third-order valence-corrected chi connectivity index (χ3v) is 1.68. The van der Waals surface area contributed by atoms with E-state index in [1.807, 2.05) is 0 Å². The van der Waals surface area contributed by atoms with Gasteiger partial charge in [-0.05, 0) is 12.1 Å². The summed E-state index contributed by atoms with van der Waals surface area (Å²) < 4.78 is 13.0. The summed E-state index contributed by atoms with van der Waals surface area (Å²) in [6, 6.07) is 2.64. The number of benzene rings is 1. The van der Waals surface area contributed by atoms with Gasteiger partial charge in [0.1, 0.15) is 5.82 Å². The van der Waals surface area contributed by atoms with E-state index in [1.165, 1.54) is 12.3 Å². The lowest BCUT2D eigenvalue weighted by molar-refractivity contribution is 0.100. The zero-order chi connectivity index (χ0) is 8.72. The van der Waals surface area contributed by atoms with E-state index in [-0.39, 0.29) is 5.56 Å². The van der Waals surface area contributed by atoms with E-state index in [2.05, 4.69) is 4.99 Å². The molecule has 60 valence electrons. The molecule has 1 aromatic rings. The number of hydrogen-bond donors (Lipinski definition) is 1. The maximum absolute atomic E-state index is 13.0. The molecule has 1 aliphatic heterocycles. The Balaban J connectivity index is 2.74. The van der Waals surface area contributed by atoms with Crippen LogP contribution in [0.5, 0.6) is 0 Å². The highest BCUT2D eigenvalue weighted by atomic mass is 19.1. The molecule has 1 amide bonds. The minimum absolute atomic E-state index is 0.0178. The van der Waals surface area contributed by atoms with E-state index < -0.39 is 11.7 Å².